The van der Waals surface area contributed by atoms with Crippen molar-refractivity contribution in [3.05, 3.63) is 24.3 Å². The molecule has 0 radical (unpaired) electrons. The molecule has 2 amide bonds. The fourth-order valence-corrected chi connectivity index (χ4v) is 4.84. The van der Waals surface area contributed by atoms with E-state index in [0.717, 1.165) is 6.42 Å². The van der Waals surface area contributed by atoms with Crippen molar-refractivity contribution in [3.63, 3.8) is 0 Å². The van der Waals surface area contributed by atoms with Crippen molar-refractivity contribution >= 4 is 27.5 Å². The standard InChI is InChI=1S/C20H32N4O5S/c1-5-10-21-19(25)13-23(4)14-20(26)22-17-6-8-18(9-7-17)30(27,28)24-11-15(2)29-16(3)12-24/h6-9,15-16H,5,10-14H2,1-4H3,(H,21,25)(H,22,26). The number of nitrogens with one attached hydrogen (secondary N) is 2. The summed E-state index contributed by atoms with van der Waals surface area (Å²) in [7, 11) is -1.94. The van der Waals surface area contributed by atoms with Crippen LogP contribution in [-0.2, 0) is 24.3 Å². The lowest BCUT2D eigenvalue weighted by molar-refractivity contribution is -0.122. The van der Waals surface area contributed by atoms with E-state index in [1.807, 2.05) is 20.8 Å². The molecule has 1 aromatic carbocycles. The van der Waals surface area contributed by atoms with Crippen LogP contribution in [0.5, 0.6) is 0 Å². The average molecular weight is 441 g/mol. The van der Waals surface area contributed by atoms with Gasteiger partial charge in [-0.1, -0.05) is 6.92 Å². The van der Waals surface area contributed by atoms with Gasteiger partial charge in [0.25, 0.3) is 0 Å². The number of rotatable bonds is 9. The van der Waals surface area contributed by atoms with Crippen LogP contribution in [0.15, 0.2) is 29.2 Å². The Morgan fingerprint density at radius 3 is 2.23 bits per heavy atom. The summed E-state index contributed by atoms with van der Waals surface area (Å²) in [5, 5.41) is 5.48. The summed E-state index contributed by atoms with van der Waals surface area (Å²) in [4.78, 5) is 25.7. The summed E-state index contributed by atoms with van der Waals surface area (Å²) in [6.07, 6.45) is 0.525. The van der Waals surface area contributed by atoms with Gasteiger partial charge in [0.2, 0.25) is 21.8 Å². The van der Waals surface area contributed by atoms with Gasteiger partial charge in [-0.25, -0.2) is 8.42 Å². The SMILES string of the molecule is CCCNC(=O)CN(C)CC(=O)Nc1ccc(S(=O)(=O)N2CC(C)OC(C)C2)cc1. The molecule has 1 aliphatic heterocycles. The van der Waals surface area contributed by atoms with Crippen molar-refractivity contribution in [2.24, 2.45) is 0 Å². The zero-order valence-corrected chi connectivity index (χ0v) is 18.9. The minimum absolute atomic E-state index is 0.0448. The molecule has 10 heteroatoms. The van der Waals surface area contributed by atoms with E-state index in [9.17, 15) is 18.0 Å². The third kappa shape index (κ3) is 7.05. The molecule has 0 aromatic heterocycles. The summed E-state index contributed by atoms with van der Waals surface area (Å²) >= 11 is 0. The molecule has 0 aliphatic carbocycles. The lowest BCUT2D eigenvalue weighted by Gasteiger charge is -2.34. The monoisotopic (exact) mass is 440 g/mol. The van der Waals surface area contributed by atoms with Crippen LogP contribution in [0.3, 0.4) is 0 Å². The predicted molar refractivity (Wildman–Crippen MR) is 115 cm³/mol. The lowest BCUT2D eigenvalue weighted by atomic mass is 10.3. The Hall–Kier alpha value is -2.01. The normalized spacial score (nSPS) is 20.2. The van der Waals surface area contributed by atoms with Gasteiger partial charge >= 0.3 is 0 Å². The van der Waals surface area contributed by atoms with Crippen molar-refractivity contribution in [3.8, 4) is 0 Å². The van der Waals surface area contributed by atoms with Crippen LogP contribution >= 0.6 is 0 Å². The maximum atomic E-state index is 12.9. The zero-order chi connectivity index (χ0) is 22.3. The summed E-state index contributed by atoms with van der Waals surface area (Å²) in [6.45, 7) is 7.06. The molecule has 1 heterocycles. The molecule has 2 atom stereocenters. The number of morpholine rings is 1. The molecule has 1 fully saturated rings. The van der Waals surface area contributed by atoms with Crippen LogP contribution in [0.25, 0.3) is 0 Å². The highest BCUT2D eigenvalue weighted by atomic mass is 32.2. The van der Waals surface area contributed by atoms with Gasteiger partial charge in [-0.3, -0.25) is 14.5 Å². The van der Waals surface area contributed by atoms with E-state index in [1.54, 1.807) is 24.1 Å². The molecule has 9 nitrogen and oxygen atoms in total. The van der Waals surface area contributed by atoms with E-state index in [-0.39, 0.29) is 42.0 Å². The third-order valence-corrected chi connectivity index (χ3v) is 6.41. The van der Waals surface area contributed by atoms with Gasteiger partial charge in [0, 0.05) is 25.3 Å². The molecular formula is C20H32N4O5S. The number of anilines is 1. The molecule has 1 saturated heterocycles. The molecule has 1 aromatic rings. The topological polar surface area (TPSA) is 108 Å². The number of ether oxygens (including phenoxy) is 1. The Balaban J connectivity index is 1.92. The summed E-state index contributed by atoms with van der Waals surface area (Å²) in [6, 6.07) is 6.09. The first kappa shape index (κ1) is 24.3. The number of carbonyl (C=O) groups is 2. The fourth-order valence-electron chi connectivity index (χ4n) is 3.25. The summed E-state index contributed by atoms with van der Waals surface area (Å²) in [5.74, 6) is -0.416. The van der Waals surface area contributed by atoms with Crippen molar-refractivity contribution in [1.82, 2.24) is 14.5 Å². The quantitative estimate of drug-likeness (QED) is 0.590. The van der Waals surface area contributed by atoms with Gasteiger partial charge in [0.05, 0.1) is 30.2 Å². The first-order valence-corrected chi connectivity index (χ1v) is 11.6. The Bertz CT molecular complexity index is 818. The van der Waals surface area contributed by atoms with Gasteiger partial charge in [0.1, 0.15) is 0 Å². The van der Waals surface area contributed by atoms with Crippen LogP contribution < -0.4 is 10.6 Å². The minimum atomic E-state index is -3.63. The van der Waals surface area contributed by atoms with E-state index in [0.29, 0.717) is 25.3 Å². The molecule has 2 rings (SSSR count). The zero-order valence-electron chi connectivity index (χ0n) is 18.1. The van der Waals surface area contributed by atoms with Gasteiger partial charge in [-0.15, -0.1) is 0 Å². The van der Waals surface area contributed by atoms with Crippen LogP contribution in [-0.4, -0.2) is 81.4 Å². The highest BCUT2D eigenvalue weighted by Gasteiger charge is 2.32. The maximum Gasteiger partial charge on any atom is 0.243 e. The van der Waals surface area contributed by atoms with E-state index >= 15 is 0 Å². The van der Waals surface area contributed by atoms with Crippen molar-refractivity contribution in [1.29, 1.82) is 0 Å². The van der Waals surface area contributed by atoms with Crippen LogP contribution in [0.1, 0.15) is 27.2 Å². The fraction of sp³-hybridized carbons (Fsp3) is 0.600. The Labute approximate surface area is 178 Å². The second kappa shape index (κ2) is 10.9. The van der Waals surface area contributed by atoms with E-state index in [1.165, 1.54) is 16.4 Å². The lowest BCUT2D eigenvalue weighted by Crippen LogP contribution is -2.48. The molecule has 2 N–H and O–H groups in total. The first-order chi connectivity index (χ1) is 14.1. The van der Waals surface area contributed by atoms with Gasteiger partial charge in [-0.05, 0) is 51.6 Å². The van der Waals surface area contributed by atoms with Crippen molar-refractivity contribution < 1.29 is 22.7 Å². The summed E-state index contributed by atoms with van der Waals surface area (Å²) in [5.41, 5.74) is 0.492. The number of benzene rings is 1. The number of amides is 2. The number of hydrogen-bond donors (Lipinski definition) is 2. The van der Waals surface area contributed by atoms with Crippen LogP contribution in [0, 0.1) is 0 Å². The van der Waals surface area contributed by atoms with E-state index in [4.69, 9.17) is 4.74 Å². The summed E-state index contributed by atoms with van der Waals surface area (Å²) < 4.78 is 32.8. The molecule has 0 spiro atoms. The van der Waals surface area contributed by atoms with Crippen LogP contribution in [0.4, 0.5) is 5.69 Å². The van der Waals surface area contributed by atoms with Gasteiger partial charge < -0.3 is 15.4 Å². The molecule has 168 valence electrons. The first-order valence-electron chi connectivity index (χ1n) is 10.1. The predicted octanol–water partition coefficient (Wildman–Crippen LogP) is 0.881. The van der Waals surface area contributed by atoms with Crippen molar-refractivity contribution in [2.75, 3.05) is 45.1 Å². The number of hydrogen-bond acceptors (Lipinski definition) is 6. The Morgan fingerprint density at radius 2 is 1.67 bits per heavy atom. The van der Waals surface area contributed by atoms with Gasteiger partial charge in [0.15, 0.2) is 0 Å². The van der Waals surface area contributed by atoms with E-state index < -0.39 is 10.0 Å². The molecule has 30 heavy (non-hydrogen) atoms. The van der Waals surface area contributed by atoms with Gasteiger partial charge in [-0.2, -0.15) is 4.31 Å². The average Bonchev–Trinajstić information content (AvgIpc) is 2.65. The highest BCUT2D eigenvalue weighted by molar-refractivity contribution is 7.89. The second-order valence-corrected chi connectivity index (χ2v) is 9.61. The highest BCUT2D eigenvalue weighted by Crippen LogP contribution is 2.22. The Morgan fingerprint density at radius 1 is 1.10 bits per heavy atom. The molecule has 1 aliphatic rings. The third-order valence-electron chi connectivity index (χ3n) is 4.56. The number of likely N-dealkylation sites (N-methyl/N-ethyl adjacent to an activating group) is 1. The molecular weight excluding hydrogens is 408 g/mol. The van der Waals surface area contributed by atoms with E-state index in [2.05, 4.69) is 10.6 Å². The molecule has 0 bridgehead atoms. The second-order valence-electron chi connectivity index (χ2n) is 7.67. The minimum Gasteiger partial charge on any atom is -0.373 e. The van der Waals surface area contributed by atoms with Crippen LogP contribution in [0.2, 0.25) is 0 Å². The molecule has 0 saturated carbocycles. The Kier molecular flexibility index (Phi) is 8.78. The smallest absolute Gasteiger partial charge is 0.243 e. The maximum absolute atomic E-state index is 12.9. The number of carbonyl (C=O) groups excluding carboxylic acids is 2. The number of sulfonamides is 1. The van der Waals surface area contributed by atoms with Crippen molar-refractivity contribution in [2.45, 2.75) is 44.3 Å². The molecule has 2 unspecified atom stereocenters. The largest absolute Gasteiger partial charge is 0.373 e. The number of nitrogens with zero attached hydrogens (tertiary/aromatic N) is 2.